The zero-order chi connectivity index (χ0) is 31.6. The summed E-state index contributed by atoms with van der Waals surface area (Å²) in [5.41, 5.74) is 0.129. The molecule has 1 saturated heterocycles. The molecule has 0 saturated carbocycles. The highest BCUT2D eigenvalue weighted by atomic mass is 16.6. The van der Waals surface area contributed by atoms with Crippen molar-refractivity contribution < 1.29 is 43.3 Å². The van der Waals surface area contributed by atoms with E-state index in [1.165, 1.54) is 21.0 Å². The van der Waals surface area contributed by atoms with Crippen molar-refractivity contribution in [1.29, 1.82) is 0 Å². The van der Waals surface area contributed by atoms with Crippen LogP contribution in [0.2, 0.25) is 0 Å². The van der Waals surface area contributed by atoms with Gasteiger partial charge >= 0.3 is 18.2 Å². The summed E-state index contributed by atoms with van der Waals surface area (Å²) < 4.78 is 16.2. The van der Waals surface area contributed by atoms with Crippen LogP contribution in [-0.4, -0.2) is 126 Å². The van der Waals surface area contributed by atoms with Crippen LogP contribution in [-0.2, 0) is 35.2 Å². The number of benzene rings is 1. The number of carboxylic acids is 1. The number of nitrogens with zero attached hydrogens (tertiary/aromatic N) is 4. The van der Waals surface area contributed by atoms with E-state index in [-0.39, 0.29) is 25.7 Å². The maximum absolute atomic E-state index is 13.1. The molecule has 13 nitrogen and oxygen atoms in total. The lowest BCUT2D eigenvalue weighted by Crippen LogP contribution is -2.54. The maximum atomic E-state index is 13.1. The Morgan fingerprint density at radius 2 is 1.50 bits per heavy atom. The Labute approximate surface area is 247 Å². The molecule has 3 atom stereocenters. The van der Waals surface area contributed by atoms with Gasteiger partial charge in [0.2, 0.25) is 11.8 Å². The molecule has 1 aromatic rings. The van der Waals surface area contributed by atoms with Crippen LogP contribution in [0.15, 0.2) is 30.3 Å². The van der Waals surface area contributed by atoms with Crippen molar-refractivity contribution in [3.05, 3.63) is 35.9 Å². The van der Waals surface area contributed by atoms with Gasteiger partial charge in [0.25, 0.3) is 0 Å². The first kappa shape index (κ1) is 34.3. The predicted octanol–water partition coefficient (Wildman–Crippen LogP) is 2.29. The van der Waals surface area contributed by atoms with Crippen LogP contribution in [0.5, 0.6) is 0 Å². The van der Waals surface area contributed by atoms with Gasteiger partial charge in [0.1, 0.15) is 30.9 Å². The molecule has 0 bridgehead atoms. The molecular weight excluding hydrogens is 548 g/mol. The van der Waals surface area contributed by atoms with Crippen molar-refractivity contribution in [3.63, 3.8) is 0 Å². The van der Waals surface area contributed by atoms with E-state index in [0.717, 1.165) is 15.4 Å². The molecule has 0 aliphatic carbocycles. The lowest BCUT2D eigenvalue weighted by molar-refractivity contribution is -0.154. The number of rotatable bonds is 11. The fourth-order valence-corrected chi connectivity index (χ4v) is 4.34. The first-order valence-electron chi connectivity index (χ1n) is 13.9. The van der Waals surface area contributed by atoms with E-state index in [9.17, 15) is 29.1 Å². The third-order valence-electron chi connectivity index (χ3n) is 6.88. The molecular formula is C29H44N4O9. The minimum absolute atomic E-state index is 0.0949. The number of carbonyl (C=O) groups excluding carboxylic acids is 4. The third-order valence-corrected chi connectivity index (χ3v) is 6.88. The topological polar surface area (TPSA) is 146 Å². The third kappa shape index (κ3) is 10.2. The van der Waals surface area contributed by atoms with Crippen molar-refractivity contribution in [1.82, 2.24) is 19.6 Å². The molecule has 1 aliphatic rings. The Morgan fingerprint density at radius 3 is 2.05 bits per heavy atom. The maximum Gasteiger partial charge on any atom is 0.410 e. The highest BCUT2D eigenvalue weighted by Gasteiger charge is 2.37. The smallest absolute Gasteiger partial charge is 0.410 e. The van der Waals surface area contributed by atoms with E-state index in [0.29, 0.717) is 26.2 Å². The molecule has 13 heteroatoms. The van der Waals surface area contributed by atoms with E-state index in [4.69, 9.17) is 14.2 Å². The van der Waals surface area contributed by atoms with E-state index in [1.54, 1.807) is 37.5 Å². The Balaban J connectivity index is 1.81. The van der Waals surface area contributed by atoms with Crippen LogP contribution < -0.4 is 0 Å². The minimum Gasteiger partial charge on any atom is -0.480 e. The number of likely N-dealkylation sites (N-methyl/N-ethyl adjacent to an activating group) is 2. The molecule has 1 aliphatic heterocycles. The summed E-state index contributed by atoms with van der Waals surface area (Å²) in [6.45, 7) is 9.28. The molecule has 1 N–H and O–H groups in total. The first-order chi connectivity index (χ1) is 19.6. The summed E-state index contributed by atoms with van der Waals surface area (Å²) >= 11 is 0. The van der Waals surface area contributed by atoms with Gasteiger partial charge in [-0.3, -0.25) is 14.5 Å². The molecule has 0 aromatic heterocycles. The van der Waals surface area contributed by atoms with Gasteiger partial charge in [-0.1, -0.05) is 37.3 Å². The molecule has 234 valence electrons. The number of hydrogen-bond donors (Lipinski definition) is 1. The number of aliphatic carboxylic acids is 1. The van der Waals surface area contributed by atoms with Gasteiger partial charge in [0.15, 0.2) is 0 Å². The molecule has 0 radical (unpaired) electrons. The lowest BCUT2D eigenvalue weighted by atomic mass is 10.0. The normalized spacial score (nSPS) is 15.7. The SMILES string of the molecule is CC(C(=O)N(C)[C@H](C(=O)O)[C@H](C)COCC(=O)N1CCN(C(=O)OCc2ccccc2)CC1)N(C)C(=O)OC(C)(C)C. The highest BCUT2D eigenvalue weighted by Crippen LogP contribution is 2.16. The van der Waals surface area contributed by atoms with Gasteiger partial charge < -0.3 is 34.0 Å². The summed E-state index contributed by atoms with van der Waals surface area (Å²) in [4.78, 5) is 67.8. The monoisotopic (exact) mass is 592 g/mol. The van der Waals surface area contributed by atoms with E-state index in [1.807, 2.05) is 30.3 Å². The Hall–Kier alpha value is -3.87. The molecule has 1 aromatic carbocycles. The Bertz CT molecular complexity index is 1080. The molecule has 1 heterocycles. The summed E-state index contributed by atoms with van der Waals surface area (Å²) in [6.07, 6.45) is -1.15. The number of carbonyl (C=O) groups is 5. The Kier molecular flexibility index (Phi) is 12.6. The number of amides is 4. The second kappa shape index (κ2) is 15.4. The summed E-state index contributed by atoms with van der Waals surface area (Å²) in [6, 6.07) is 7.11. The van der Waals surface area contributed by atoms with Crippen LogP contribution in [0.1, 0.15) is 40.2 Å². The molecule has 1 fully saturated rings. The molecule has 2 rings (SSSR count). The van der Waals surface area contributed by atoms with Gasteiger partial charge in [-0.2, -0.15) is 0 Å². The highest BCUT2D eigenvalue weighted by molar-refractivity contribution is 5.89. The zero-order valence-electron chi connectivity index (χ0n) is 25.6. The molecule has 0 spiro atoms. The fraction of sp³-hybridized carbons (Fsp3) is 0.621. The number of carboxylic acid groups (broad SMARTS) is 1. The largest absolute Gasteiger partial charge is 0.480 e. The van der Waals surface area contributed by atoms with Gasteiger partial charge in [-0.05, 0) is 33.3 Å². The summed E-state index contributed by atoms with van der Waals surface area (Å²) in [5.74, 6) is -2.78. The van der Waals surface area contributed by atoms with Crippen LogP contribution in [0, 0.1) is 5.92 Å². The average molecular weight is 593 g/mol. The van der Waals surface area contributed by atoms with Crippen molar-refractivity contribution in [3.8, 4) is 0 Å². The first-order valence-corrected chi connectivity index (χ1v) is 13.9. The summed E-state index contributed by atoms with van der Waals surface area (Å²) in [7, 11) is 2.76. The quantitative estimate of drug-likeness (QED) is 0.409. The van der Waals surface area contributed by atoms with Gasteiger partial charge in [-0.15, -0.1) is 0 Å². The average Bonchev–Trinajstić information content (AvgIpc) is 2.94. The van der Waals surface area contributed by atoms with Gasteiger partial charge in [-0.25, -0.2) is 14.4 Å². The van der Waals surface area contributed by atoms with Crippen molar-refractivity contribution in [2.45, 2.75) is 58.9 Å². The predicted molar refractivity (Wildman–Crippen MR) is 152 cm³/mol. The number of piperazine rings is 1. The van der Waals surface area contributed by atoms with E-state index >= 15 is 0 Å². The van der Waals surface area contributed by atoms with Crippen LogP contribution >= 0.6 is 0 Å². The van der Waals surface area contributed by atoms with Gasteiger partial charge in [0.05, 0.1) is 6.61 Å². The van der Waals surface area contributed by atoms with Crippen LogP contribution in [0.25, 0.3) is 0 Å². The summed E-state index contributed by atoms with van der Waals surface area (Å²) in [5, 5.41) is 9.86. The molecule has 4 amide bonds. The van der Waals surface area contributed by atoms with E-state index < -0.39 is 47.7 Å². The standard InChI is InChI=1S/C29H44N4O9/c1-20(24(26(36)37)31(7)25(35)21(2)30(6)27(38)42-29(3,4)5)17-40-19-23(34)32-13-15-33(16-14-32)28(39)41-18-22-11-9-8-10-12-22/h8-12,20-21,24H,13-19H2,1-7H3,(H,36,37)/t20-,21?,24+/m1/s1. The Morgan fingerprint density at radius 1 is 0.929 bits per heavy atom. The van der Waals surface area contributed by atoms with E-state index in [2.05, 4.69) is 0 Å². The van der Waals surface area contributed by atoms with Crippen LogP contribution in [0.4, 0.5) is 9.59 Å². The molecule has 1 unspecified atom stereocenters. The zero-order valence-corrected chi connectivity index (χ0v) is 25.6. The van der Waals surface area contributed by atoms with Gasteiger partial charge in [0, 0.05) is 46.2 Å². The minimum atomic E-state index is -1.26. The van der Waals surface area contributed by atoms with Crippen molar-refractivity contribution >= 4 is 30.0 Å². The fourth-order valence-electron chi connectivity index (χ4n) is 4.34. The second-order valence-electron chi connectivity index (χ2n) is 11.4. The lowest BCUT2D eigenvalue weighted by Gasteiger charge is -2.35. The second-order valence-corrected chi connectivity index (χ2v) is 11.4. The van der Waals surface area contributed by atoms with Crippen molar-refractivity contribution in [2.75, 3.05) is 53.5 Å². The number of hydrogen-bond acceptors (Lipinski definition) is 8. The molecule has 42 heavy (non-hydrogen) atoms. The van der Waals surface area contributed by atoms with Crippen molar-refractivity contribution in [2.24, 2.45) is 5.92 Å². The van der Waals surface area contributed by atoms with Crippen LogP contribution in [0.3, 0.4) is 0 Å². The number of ether oxygens (including phenoxy) is 3.